The zero-order valence-corrected chi connectivity index (χ0v) is 12.8. The smallest absolute Gasteiger partial charge is 0.236 e. The highest BCUT2D eigenvalue weighted by Gasteiger charge is 2.12. The van der Waals surface area contributed by atoms with Gasteiger partial charge in [0.15, 0.2) is 0 Å². The quantitative estimate of drug-likeness (QED) is 0.741. The van der Waals surface area contributed by atoms with Gasteiger partial charge in [-0.3, -0.25) is 4.79 Å². The van der Waals surface area contributed by atoms with E-state index in [9.17, 15) is 9.90 Å². The summed E-state index contributed by atoms with van der Waals surface area (Å²) in [6.45, 7) is 5.60. The number of nitrogens with one attached hydrogen (secondary N) is 1. The third kappa shape index (κ3) is 6.23. The van der Waals surface area contributed by atoms with Crippen LogP contribution >= 0.6 is 12.4 Å². The topological polar surface area (TPSA) is 84.6 Å². The van der Waals surface area contributed by atoms with Gasteiger partial charge < -0.3 is 20.9 Å². The Morgan fingerprint density at radius 2 is 2.05 bits per heavy atom. The van der Waals surface area contributed by atoms with E-state index in [1.54, 1.807) is 19.1 Å². The number of ether oxygens (including phenoxy) is 1. The van der Waals surface area contributed by atoms with Gasteiger partial charge in [-0.15, -0.1) is 12.4 Å². The summed E-state index contributed by atoms with van der Waals surface area (Å²) in [5.41, 5.74) is 6.12. The average molecular weight is 303 g/mol. The molecular weight excluding hydrogens is 280 g/mol. The average Bonchev–Trinajstić information content (AvgIpc) is 2.34. The Bertz CT molecular complexity index is 425. The lowest BCUT2D eigenvalue weighted by Gasteiger charge is -2.15. The number of aliphatic hydroxyl groups excluding tert-OH is 1. The molecule has 2 atom stereocenters. The van der Waals surface area contributed by atoms with Crippen LogP contribution in [0.5, 0.6) is 5.75 Å². The van der Waals surface area contributed by atoms with Crippen molar-refractivity contribution in [2.24, 2.45) is 5.73 Å². The van der Waals surface area contributed by atoms with E-state index in [0.29, 0.717) is 11.3 Å². The minimum atomic E-state index is -0.779. The Balaban J connectivity index is 0.00000361. The summed E-state index contributed by atoms with van der Waals surface area (Å²) in [7, 11) is 0. The third-order valence-electron chi connectivity index (χ3n) is 2.50. The Morgan fingerprint density at radius 1 is 1.40 bits per heavy atom. The van der Waals surface area contributed by atoms with E-state index in [1.165, 1.54) is 0 Å². The Kier molecular flexibility index (Phi) is 8.22. The van der Waals surface area contributed by atoms with Crippen molar-refractivity contribution < 1.29 is 14.6 Å². The summed E-state index contributed by atoms with van der Waals surface area (Å²) in [6.07, 6.45) is -0.705. The second kappa shape index (κ2) is 8.79. The molecule has 0 aromatic heterocycles. The van der Waals surface area contributed by atoms with Gasteiger partial charge in [0.1, 0.15) is 5.75 Å². The molecule has 0 fully saturated rings. The number of benzene rings is 1. The highest BCUT2D eigenvalue weighted by atomic mass is 35.5. The van der Waals surface area contributed by atoms with Gasteiger partial charge in [0.25, 0.3) is 0 Å². The van der Waals surface area contributed by atoms with Crippen LogP contribution in [0.1, 0.15) is 32.4 Å². The van der Waals surface area contributed by atoms with Crippen molar-refractivity contribution >= 4 is 18.3 Å². The van der Waals surface area contributed by atoms with E-state index >= 15 is 0 Å². The van der Waals surface area contributed by atoms with Crippen LogP contribution < -0.4 is 15.8 Å². The first kappa shape index (κ1) is 18.7. The predicted molar refractivity (Wildman–Crippen MR) is 81.1 cm³/mol. The van der Waals surface area contributed by atoms with Crippen molar-refractivity contribution in [1.82, 2.24) is 5.32 Å². The van der Waals surface area contributed by atoms with Gasteiger partial charge in [-0.05, 0) is 38.5 Å². The minimum absolute atomic E-state index is 0. The van der Waals surface area contributed by atoms with Crippen molar-refractivity contribution in [2.75, 3.05) is 6.54 Å². The molecule has 1 unspecified atom stereocenters. The molecule has 0 aliphatic heterocycles. The van der Waals surface area contributed by atoms with Gasteiger partial charge in [0, 0.05) is 6.54 Å². The van der Waals surface area contributed by atoms with Crippen LogP contribution in [0.2, 0.25) is 0 Å². The molecule has 114 valence electrons. The molecule has 0 aliphatic carbocycles. The van der Waals surface area contributed by atoms with Crippen LogP contribution in [0.3, 0.4) is 0 Å². The molecule has 1 amide bonds. The van der Waals surface area contributed by atoms with Crippen molar-refractivity contribution in [2.45, 2.75) is 39.0 Å². The molecule has 4 N–H and O–H groups in total. The van der Waals surface area contributed by atoms with Crippen molar-refractivity contribution in [1.29, 1.82) is 0 Å². The summed E-state index contributed by atoms with van der Waals surface area (Å²) in [5.74, 6) is 0.415. The molecule has 5 nitrogen and oxygen atoms in total. The maximum absolute atomic E-state index is 11.3. The van der Waals surface area contributed by atoms with Crippen LogP contribution in [0.25, 0.3) is 0 Å². The van der Waals surface area contributed by atoms with E-state index in [-0.39, 0.29) is 31.0 Å². The number of halogens is 1. The fourth-order valence-electron chi connectivity index (χ4n) is 1.54. The summed E-state index contributed by atoms with van der Waals surface area (Å²) >= 11 is 0. The lowest BCUT2D eigenvalue weighted by Crippen LogP contribution is -2.40. The van der Waals surface area contributed by atoms with Crippen LogP contribution in [-0.2, 0) is 4.79 Å². The van der Waals surface area contributed by atoms with Gasteiger partial charge in [0.2, 0.25) is 5.91 Å². The summed E-state index contributed by atoms with van der Waals surface area (Å²) < 4.78 is 5.55. The van der Waals surface area contributed by atoms with Crippen LogP contribution in [0, 0.1) is 0 Å². The van der Waals surface area contributed by atoms with Gasteiger partial charge in [-0.2, -0.15) is 0 Å². The first-order chi connectivity index (χ1) is 8.90. The van der Waals surface area contributed by atoms with Gasteiger partial charge in [0.05, 0.1) is 18.2 Å². The van der Waals surface area contributed by atoms with Crippen molar-refractivity contribution in [3.05, 3.63) is 29.8 Å². The number of amides is 1. The fraction of sp³-hybridized carbons (Fsp3) is 0.500. The molecule has 0 saturated carbocycles. The zero-order chi connectivity index (χ0) is 14.4. The second-order valence-electron chi connectivity index (χ2n) is 4.79. The van der Waals surface area contributed by atoms with Crippen LogP contribution in [0.15, 0.2) is 24.3 Å². The fourth-order valence-corrected chi connectivity index (χ4v) is 1.54. The number of nitrogens with two attached hydrogens (primary N) is 1. The molecule has 1 aromatic rings. The van der Waals surface area contributed by atoms with E-state index < -0.39 is 12.1 Å². The molecular formula is C14H23ClN2O3. The molecule has 0 heterocycles. The highest BCUT2D eigenvalue weighted by molar-refractivity contribution is 5.85. The number of rotatable bonds is 6. The molecule has 1 rings (SSSR count). The number of aliphatic hydroxyl groups is 1. The third-order valence-corrected chi connectivity index (χ3v) is 2.50. The molecule has 6 heteroatoms. The number of hydrogen-bond acceptors (Lipinski definition) is 4. The maximum Gasteiger partial charge on any atom is 0.236 e. The molecule has 0 radical (unpaired) electrons. The SMILES string of the molecule is CC(C)Oc1cccc(C(O)CNC(=O)[C@H](C)N)c1.Cl. The van der Waals surface area contributed by atoms with Crippen LogP contribution in [-0.4, -0.2) is 29.7 Å². The molecule has 0 saturated heterocycles. The largest absolute Gasteiger partial charge is 0.491 e. The van der Waals surface area contributed by atoms with Gasteiger partial charge in [-0.25, -0.2) is 0 Å². The van der Waals surface area contributed by atoms with E-state index in [1.807, 2.05) is 26.0 Å². The summed E-state index contributed by atoms with van der Waals surface area (Å²) in [6, 6.07) is 6.61. The van der Waals surface area contributed by atoms with E-state index in [4.69, 9.17) is 10.5 Å². The summed E-state index contributed by atoms with van der Waals surface area (Å²) in [4.78, 5) is 11.3. The molecule has 0 bridgehead atoms. The van der Waals surface area contributed by atoms with Crippen LogP contribution in [0.4, 0.5) is 0 Å². The number of hydrogen-bond donors (Lipinski definition) is 3. The Morgan fingerprint density at radius 3 is 2.60 bits per heavy atom. The van der Waals surface area contributed by atoms with Crippen molar-refractivity contribution in [3.63, 3.8) is 0 Å². The first-order valence-electron chi connectivity index (χ1n) is 6.38. The minimum Gasteiger partial charge on any atom is -0.491 e. The zero-order valence-electron chi connectivity index (χ0n) is 12.0. The lowest BCUT2D eigenvalue weighted by molar-refractivity contribution is -0.122. The predicted octanol–water partition coefficient (Wildman–Crippen LogP) is 1.39. The molecule has 0 aliphatic rings. The Hall–Kier alpha value is -1.30. The second-order valence-corrected chi connectivity index (χ2v) is 4.79. The van der Waals surface area contributed by atoms with E-state index in [0.717, 1.165) is 0 Å². The van der Waals surface area contributed by atoms with Gasteiger partial charge in [-0.1, -0.05) is 12.1 Å². The standard InChI is InChI=1S/C14H22N2O3.ClH/c1-9(2)19-12-6-4-5-11(7-12)13(17)8-16-14(18)10(3)15;/h4-7,9-10,13,17H,8,15H2,1-3H3,(H,16,18);1H/t10-,13?;/m0./s1. The van der Waals surface area contributed by atoms with Gasteiger partial charge >= 0.3 is 0 Å². The highest BCUT2D eigenvalue weighted by Crippen LogP contribution is 2.19. The normalized spacial score (nSPS) is 13.3. The maximum atomic E-state index is 11.3. The molecule has 20 heavy (non-hydrogen) atoms. The Labute approximate surface area is 125 Å². The van der Waals surface area contributed by atoms with Crippen molar-refractivity contribution in [3.8, 4) is 5.75 Å². The summed E-state index contributed by atoms with van der Waals surface area (Å²) in [5, 5.41) is 12.6. The monoisotopic (exact) mass is 302 g/mol. The van der Waals surface area contributed by atoms with E-state index in [2.05, 4.69) is 5.32 Å². The first-order valence-corrected chi connectivity index (χ1v) is 6.38. The molecule has 0 spiro atoms. The number of carbonyl (C=O) groups excluding carboxylic acids is 1. The lowest BCUT2D eigenvalue weighted by atomic mass is 10.1. The number of carbonyl (C=O) groups is 1. The molecule has 1 aromatic carbocycles.